The van der Waals surface area contributed by atoms with E-state index in [1.165, 1.54) is 45.0 Å². The molecule has 0 aliphatic heterocycles. The van der Waals surface area contributed by atoms with E-state index >= 15 is 0 Å². The molecule has 0 heterocycles. The largest absolute Gasteiger partial charge is 0.0648 e. The Labute approximate surface area is 180 Å². The third-order valence-corrected chi connectivity index (χ3v) is 5.82. The van der Waals surface area contributed by atoms with Crippen LogP contribution < -0.4 is 0 Å². The summed E-state index contributed by atoms with van der Waals surface area (Å²) < 4.78 is 0. The maximum atomic E-state index is 2.28. The first-order chi connectivity index (χ1) is 14.7. The van der Waals surface area contributed by atoms with Gasteiger partial charge in [0.05, 0.1) is 0 Å². The average molecular weight is 389 g/mol. The Balaban J connectivity index is 1.63. The van der Waals surface area contributed by atoms with Gasteiger partial charge in [0.2, 0.25) is 0 Å². The molecule has 1 atom stereocenters. The molecule has 0 fully saturated rings. The van der Waals surface area contributed by atoms with Crippen molar-refractivity contribution in [3.63, 3.8) is 0 Å². The molecule has 0 heteroatoms. The molecule has 148 valence electrons. The molecule has 30 heavy (non-hydrogen) atoms. The van der Waals surface area contributed by atoms with Crippen LogP contribution in [0.5, 0.6) is 0 Å². The summed E-state index contributed by atoms with van der Waals surface area (Å²) in [4.78, 5) is 0. The molecule has 0 radical (unpaired) electrons. The SMILES string of the molecule is CCC(C)c1ccc(C=Cc2ccc(C=Cc3ccccc3)c3ccccc23)cc1. The van der Waals surface area contributed by atoms with Crippen LogP contribution >= 0.6 is 0 Å². The van der Waals surface area contributed by atoms with E-state index < -0.39 is 0 Å². The molecule has 0 aliphatic rings. The maximum absolute atomic E-state index is 2.28. The lowest BCUT2D eigenvalue weighted by Crippen LogP contribution is -1.90. The second kappa shape index (κ2) is 9.41. The molecule has 0 amide bonds. The maximum Gasteiger partial charge on any atom is -0.0105 e. The molecule has 4 rings (SSSR count). The Kier molecular flexibility index (Phi) is 6.25. The molecule has 0 aromatic heterocycles. The van der Waals surface area contributed by atoms with Crippen LogP contribution in [0.15, 0.2) is 91.0 Å². The van der Waals surface area contributed by atoms with Crippen LogP contribution in [0.25, 0.3) is 35.1 Å². The zero-order valence-corrected chi connectivity index (χ0v) is 17.8. The van der Waals surface area contributed by atoms with Gasteiger partial charge in [0.1, 0.15) is 0 Å². The fourth-order valence-electron chi connectivity index (χ4n) is 3.74. The van der Waals surface area contributed by atoms with Gasteiger partial charge in [-0.3, -0.25) is 0 Å². The minimum absolute atomic E-state index is 0.614. The third kappa shape index (κ3) is 4.60. The van der Waals surface area contributed by atoms with E-state index in [0.717, 1.165) is 0 Å². The van der Waals surface area contributed by atoms with Gasteiger partial charge in [0.15, 0.2) is 0 Å². The Bertz CT molecular complexity index is 1160. The Morgan fingerprint density at radius 2 is 1.07 bits per heavy atom. The van der Waals surface area contributed by atoms with Crippen molar-refractivity contribution in [1.82, 2.24) is 0 Å². The lowest BCUT2D eigenvalue weighted by Gasteiger charge is -2.09. The number of fused-ring (bicyclic) bond motifs is 1. The minimum Gasteiger partial charge on any atom is -0.0648 e. The van der Waals surface area contributed by atoms with Crippen LogP contribution in [0, 0.1) is 0 Å². The van der Waals surface area contributed by atoms with Gasteiger partial charge < -0.3 is 0 Å². The van der Waals surface area contributed by atoms with Crippen molar-refractivity contribution in [3.8, 4) is 0 Å². The standard InChI is InChI=1S/C30H28/c1-3-23(2)26-17-13-25(14-18-26)16-20-28-22-21-27(29-11-7-8-12-30(28)29)19-15-24-9-5-4-6-10-24/h4-23H,3H2,1-2H3. The van der Waals surface area contributed by atoms with E-state index in [-0.39, 0.29) is 0 Å². The van der Waals surface area contributed by atoms with E-state index in [1.54, 1.807) is 0 Å². The first-order valence-electron chi connectivity index (χ1n) is 10.8. The van der Waals surface area contributed by atoms with Gasteiger partial charge in [0.25, 0.3) is 0 Å². The second-order valence-corrected chi connectivity index (χ2v) is 7.84. The van der Waals surface area contributed by atoms with Crippen molar-refractivity contribution in [2.24, 2.45) is 0 Å². The Morgan fingerprint density at radius 1 is 0.567 bits per heavy atom. The van der Waals surface area contributed by atoms with Crippen LogP contribution in [0.4, 0.5) is 0 Å². The first kappa shape index (κ1) is 19.9. The normalized spacial score (nSPS) is 12.7. The molecule has 0 N–H and O–H groups in total. The van der Waals surface area contributed by atoms with E-state index in [9.17, 15) is 0 Å². The van der Waals surface area contributed by atoms with Crippen molar-refractivity contribution in [3.05, 3.63) is 119 Å². The van der Waals surface area contributed by atoms with Crippen LogP contribution in [0.1, 0.15) is 54.0 Å². The number of hydrogen-bond donors (Lipinski definition) is 0. The fourth-order valence-corrected chi connectivity index (χ4v) is 3.74. The highest BCUT2D eigenvalue weighted by atomic mass is 14.1. The van der Waals surface area contributed by atoms with E-state index in [1.807, 2.05) is 6.07 Å². The molecular formula is C30H28. The number of hydrogen-bond acceptors (Lipinski definition) is 0. The summed E-state index contributed by atoms with van der Waals surface area (Å²) in [6.07, 6.45) is 9.99. The summed E-state index contributed by atoms with van der Waals surface area (Å²) in [7, 11) is 0. The summed E-state index contributed by atoms with van der Waals surface area (Å²) in [5.41, 5.74) is 6.35. The smallest absolute Gasteiger partial charge is 0.0105 e. The Hall–Kier alpha value is -3.38. The molecule has 0 saturated heterocycles. The second-order valence-electron chi connectivity index (χ2n) is 7.84. The van der Waals surface area contributed by atoms with Gasteiger partial charge >= 0.3 is 0 Å². The van der Waals surface area contributed by atoms with E-state index in [2.05, 4.69) is 123 Å². The topological polar surface area (TPSA) is 0 Å². The first-order valence-corrected chi connectivity index (χ1v) is 10.8. The van der Waals surface area contributed by atoms with Gasteiger partial charge in [0, 0.05) is 0 Å². The summed E-state index contributed by atoms with van der Waals surface area (Å²) in [6.45, 7) is 4.52. The van der Waals surface area contributed by atoms with Crippen LogP contribution in [0.2, 0.25) is 0 Å². The summed E-state index contributed by atoms with van der Waals surface area (Å²) in [5.74, 6) is 0.614. The lowest BCUT2D eigenvalue weighted by molar-refractivity contribution is 0.733. The van der Waals surface area contributed by atoms with Gasteiger partial charge in [-0.15, -0.1) is 0 Å². The quantitative estimate of drug-likeness (QED) is 0.290. The highest BCUT2D eigenvalue weighted by molar-refractivity contribution is 5.99. The number of rotatable bonds is 6. The zero-order chi connectivity index (χ0) is 20.8. The van der Waals surface area contributed by atoms with Crippen molar-refractivity contribution in [2.75, 3.05) is 0 Å². The number of benzene rings is 4. The average Bonchev–Trinajstić information content (AvgIpc) is 2.82. The van der Waals surface area contributed by atoms with Crippen molar-refractivity contribution in [2.45, 2.75) is 26.2 Å². The van der Waals surface area contributed by atoms with Crippen LogP contribution in [-0.2, 0) is 0 Å². The van der Waals surface area contributed by atoms with Gasteiger partial charge in [-0.05, 0) is 50.9 Å². The summed E-state index contributed by atoms with van der Waals surface area (Å²) in [6, 6.07) is 32.5. The molecule has 0 aliphatic carbocycles. The van der Waals surface area contributed by atoms with Crippen LogP contribution in [0.3, 0.4) is 0 Å². The Morgan fingerprint density at radius 3 is 1.60 bits per heavy atom. The van der Waals surface area contributed by atoms with Crippen molar-refractivity contribution >= 4 is 35.1 Å². The highest BCUT2D eigenvalue weighted by Crippen LogP contribution is 2.26. The molecule has 1 unspecified atom stereocenters. The monoisotopic (exact) mass is 388 g/mol. The molecular weight excluding hydrogens is 360 g/mol. The predicted octanol–water partition coefficient (Wildman–Crippen LogP) is 8.69. The molecule has 0 saturated carbocycles. The summed E-state index contributed by atoms with van der Waals surface area (Å²) in [5, 5.41) is 2.55. The van der Waals surface area contributed by atoms with Gasteiger partial charge in [-0.2, -0.15) is 0 Å². The van der Waals surface area contributed by atoms with Gasteiger partial charge in [-0.25, -0.2) is 0 Å². The fraction of sp³-hybridized carbons (Fsp3) is 0.133. The molecule has 0 nitrogen and oxygen atoms in total. The molecule has 0 bridgehead atoms. The molecule has 4 aromatic rings. The lowest BCUT2D eigenvalue weighted by atomic mass is 9.96. The zero-order valence-electron chi connectivity index (χ0n) is 17.8. The van der Waals surface area contributed by atoms with Crippen molar-refractivity contribution < 1.29 is 0 Å². The van der Waals surface area contributed by atoms with Crippen molar-refractivity contribution in [1.29, 1.82) is 0 Å². The molecule has 0 spiro atoms. The predicted molar refractivity (Wildman–Crippen MR) is 133 cm³/mol. The highest BCUT2D eigenvalue weighted by Gasteiger charge is 2.03. The third-order valence-electron chi connectivity index (χ3n) is 5.82. The van der Waals surface area contributed by atoms with E-state index in [4.69, 9.17) is 0 Å². The summed E-state index contributed by atoms with van der Waals surface area (Å²) >= 11 is 0. The minimum atomic E-state index is 0.614. The molecule has 4 aromatic carbocycles. The van der Waals surface area contributed by atoms with Crippen LogP contribution in [-0.4, -0.2) is 0 Å². The van der Waals surface area contributed by atoms with Gasteiger partial charge in [-0.1, -0.05) is 129 Å². The van der Waals surface area contributed by atoms with E-state index in [0.29, 0.717) is 5.92 Å².